The number of hydrogen-bond donors (Lipinski definition) is 3. The fourth-order valence-electron chi connectivity index (χ4n) is 14.0. The molecule has 3 N–H and O–H groups in total. The molecule has 4 aromatic heterocycles. The van der Waals surface area contributed by atoms with E-state index in [2.05, 4.69) is 89.8 Å². The summed E-state index contributed by atoms with van der Waals surface area (Å²) in [4.78, 5) is 60.9. The normalized spacial score (nSPS) is 22.4. The summed E-state index contributed by atoms with van der Waals surface area (Å²) in [6.45, 7) is 20.6. The highest BCUT2D eigenvalue weighted by molar-refractivity contribution is 7.13. The van der Waals surface area contributed by atoms with Gasteiger partial charge in [0.1, 0.15) is 30.1 Å². The van der Waals surface area contributed by atoms with Gasteiger partial charge >= 0.3 is 6.01 Å². The number of aryl methyl sites for hydroxylation is 1. The summed E-state index contributed by atoms with van der Waals surface area (Å²) in [7, 11) is 0. The minimum Gasteiger partial charge on any atom is -0.508 e. The molecule has 0 saturated carbocycles. The smallest absolute Gasteiger partial charge is 0.319 e. The van der Waals surface area contributed by atoms with E-state index in [0.29, 0.717) is 49.3 Å². The van der Waals surface area contributed by atoms with Crippen molar-refractivity contribution in [3.8, 4) is 33.5 Å². The molecule has 418 valence electrons. The molecule has 2 bridgehead atoms. The molecule has 1 aliphatic carbocycles. The molecule has 0 spiro atoms. The van der Waals surface area contributed by atoms with E-state index in [4.69, 9.17) is 24.2 Å². The average molecular weight is 1100 g/mol. The zero-order valence-corrected chi connectivity index (χ0v) is 47.6. The van der Waals surface area contributed by atoms with Crippen LogP contribution in [0.2, 0.25) is 0 Å². The van der Waals surface area contributed by atoms with Crippen LogP contribution >= 0.6 is 11.3 Å². The van der Waals surface area contributed by atoms with Crippen molar-refractivity contribution in [1.29, 1.82) is 0 Å². The van der Waals surface area contributed by atoms with Gasteiger partial charge in [0.2, 0.25) is 11.8 Å². The van der Waals surface area contributed by atoms with Crippen molar-refractivity contribution in [3.05, 3.63) is 101 Å². The predicted octanol–water partition coefficient (Wildman–Crippen LogP) is 8.90. The summed E-state index contributed by atoms with van der Waals surface area (Å²) in [5, 5.41) is 25.4. The van der Waals surface area contributed by atoms with Crippen LogP contribution in [-0.2, 0) is 9.59 Å². The number of nitrogens with zero attached hydrogens (tertiary/aromatic N) is 10. The lowest BCUT2D eigenvalue weighted by Gasteiger charge is -2.38. The third-order valence-electron chi connectivity index (χ3n) is 18.3. The number of carbonyl (C=O) groups excluding carboxylic acids is 2. The Morgan fingerprint density at radius 1 is 0.887 bits per heavy atom. The summed E-state index contributed by atoms with van der Waals surface area (Å²) in [6.07, 6.45) is 7.97. The zero-order valence-electron chi connectivity index (χ0n) is 46.7. The summed E-state index contributed by atoms with van der Waals surface area (Å²) in [5.41, 5.74) is 9.95. The Hall–Kier alpha value is -6.73. The molecular formula is C62H74N12O5S. The van der Waals surface area contributed by atoms with E-state index >= 15 is 0 Å². The summed E-state index contributed by atoms with van der Waals surface area (Å²) in [6, 6.07) is 20.8. The second-order valence-electron chi connectivity index (χ2n) is 23.9. The van der Waals surface area contributed by atoms with Gasteiger partial charge in [-0.25, -0.2) is 4.98 Å². The minimum atomic E-state index is -0.541. The molecule has 4 unspecified atom stereocenters. The maximum atomic E-state index is 14.4. The second kappa shape index (κ2) is 22.0. The molecule has 5 aliphatic heterocycles. The van der Waals surface area contributed by atoms with Crippen molar-refractivity contribution >= 4 is 56.5 Å². The van der Waals surface area contributed by atoms with Gasteiger partial charge in [0.05, 0.1) is 38.7 Å². The molecule has 17 nitrogen and oxygen atoms in total. The van der Waals surface area contributed by atoms with E-state index in [1.165, 1.54) is 18.4 Å². The van der Waals surface area contributed by atoms with Crippen LogP contribution in [0.5, 0.6) is 11.8 Å². The Morgan fingerprint density at radius 2 is 1.68 bits per heavy atom. The summed E-state index contributed by atoms with van der Waals surface area (Å²) < 4.78 is 12.6. The molecular weight excluding hydrogens is 1020 g/mol. The Bertz CT molecular complexity index is 3410. The van der Waals surface area contributed by atoms with E-state index in [-0.39, 0.29) is 35.4 Å². The van der Waals surface area contributed by atoms with E-state index in [0.717, 1.165) is 157 Å². The van der Waals surface area contributed by atoms with Crippen LogP contribution in [0, 0.1) is 18.8 Å². The quantitative estimate of drug-likeness (QED) is 0.0885. The lowest BCUT2D eigenvalue weighted by Crippen LogP contribution is -2.51. The molecule has 9 heterocycles. The Morgan fingerprint density at radius 3 is 2.42 bits per heavy atom. The Kier molecular flexibility index (Phi) is 14.5. The number of ether oxygens (including phenoxy) is 1. The van der Waals surface area contributed by atoms with Crippen molar-refractivity contribution in [2.45, 2.75) is 109 Å². The topological polar surface area (TPSA) is 181 Å². The number of likely N-dealkylation sites (tertiary alicyclic amines) is 2. The third-order valence-corrected chi connectivity index (χ3v) is 19.3. The standard InChI is InChI=1S/C62H74N12O5S/c1-36(2)53(61(77)74-19-7-10-50(74)60(76)65-38(4)41-11-13-42(14-12-41)58-39(5)64-35-80-58)51-30-52(69-79-51)72-24-22-71(23-25-72)32-40-17-20-70(21-18-40)26-27-78-62-67-57-49(59(68-62)73-33-44-15-16-45(34-73)66-44)31-63-56-48-29-46(75)28-43-8-6-9-47(55(43)48)37(3)54(56)57/h6,8-9,11-14,28-31,35-38,40,44-45,50,53,66,75H,7,10,15-27,32-34H2,1-5H3,(H,65,76)/t37?,38-,44?,45?,50-,53?/m0/s1. The number of nitrogens with one attached hydrogen (secondary N) is 2. The maximum absolute atomic E-state index is 14.4. The van der Waals surface area contributed by atoms with Crippen LogP contribution in [0.15, 0.2) is 76.9 Å². The molecule has 6 aliphatic rings. The first kappa shape index (κ1) is 52.6. The van der Waals surface area contributed by atoms with Crippen LogP contribution < -0.4 is 25.2 Å². The van der Waals surface area contributed by atoms with Crippen molar-refractivity contribution < 1.29 is 24.0 Å². The number of rotatable bonds is 15. The highest BCUT2D eigenvalue weighted by Gasteiger charge is 2.41. The zero-order chi connectivity index (χ0) is 54.8. The Balaban J connectivity index is 0.599. The molecule has 5 fully saturated rings. The number of thiazole rings is 1. The van der Waals surface area contributed by atoms with Crippen molar-refractivity contribution in [2.75, 3.05) is 88.4 Å². The van der Waals surface area contributed by atoms with Crippen LogP contribution in [0.1, 0.15) is 112 Å². The number of aromatic nitrogens is 5. The molecule has 2 amide bonds. The number of fused-ring (bicyclic) bond motifs is 6. The first-order valence-electron chi connectivity index (χ1n) is 29.3. The number of piperidine rings is 1. The van der Waals surface area contributed by atoms with Gasteiger partial charge in [-0.05, 0) is 117 Å². The van der Waals surface area contributed by atoms with Gasteiger partial charge in [-0.2, -0.15) is 9.97 Å². The number of anilines is 2. The van der Waals surface area contributed by atoms with Crippen LogP contribution in [0.25, 0.3) is 43.4 Å². The Labute approximate surface area is 472 Å². The molecule has 7 aromatic rings. The molecule has 6 atom stereocenters. The molecule has 18 heteroatoms. The number of pyridine rings is 1. The first-order valence-corrected chi connectivity index (χ1v) is 30.2. The number of aromatic hydroxyl groups is 1. The van der Waals surface area contributed by atoms with Gasteiger partial charge in [0.15, 0.2) is 11.6 Å². The number of hydrogen-bond acceptors (Lipinski definition) is 16. The largest absolute Gasteiger partial charge is 0.508 e. The van der Waals surface area contributed by atoms with E-state index in [9.17, 15) is 14.7 Å². The van der Waals surface area contributed by atoms with Gasteiger partial charge in [-0.15, -0.1) is 11.3 Å². The molecule has 13 rings (SSSR count). The average Bonchev–Trinajstić information content (AvgIpc) is 4.35. The van der Waals surface area contributed by atoms with E-state index in [1.54, 1.807) is 16.2 Å². The van der Waals surface area contributed by atoms with Gasteiger partial charge in [-0.1, -0.05) is 68.4 Å². The lowest BCUT2D eigenvalue weighted by atomic mass is 9.79. The molecule has 3 aromatic carbocycles. The predicted molar refractivity (Wildman–Crippen MR) is 313 cm³/mol. The second-order valence-corrected chi connectivity index (χ2v) is 24.7. The van der Waals surface area contributed by atoms with Crippen LogP contribution in [0.3, 0.4) is 0 Å². The highest BCUT2D eigenvalue weighted by Crippen LogP contribution is 2.49. The van der Waals surface area contributed by atoms with Gasteiger partial charge in [-0.3, -0.25) is 24.4 Å². The van der Waals surface area contributed by atoms with Gasteiger partial charge in [0, 0.05) is 100 Å². The van der Waals surface area contributed by atoms with Gasteiger partial charge in [0.25, 0.3) is 0 Å². The summed E-state index contributed by atoms with van der Waals surface area (Å²) >= 11 is 1.62. The van der Waals surface area contributed by atoms with Crippen LogP contribution in [0.4, 0.5) is 11.6 Å². The number of phenols is 1. The highest BCUT2D eigenvalue weighted by atomic mass is 32.1. The van der Waals surface area contributed by atoms with Crippen molar-refractivity contribution in [3.63, 3.8) is 0 Å². The third kappa shape index (κ3) is 10.1. The molecule has 80 heavy (non-hydrogen) atoms. The number of amides is 2. The van der Waals surface area contributed by atoms with E-state index in [1.807, 2.05) is 57.6 Å². The monoisotopic (exact) mass is 1100 g/mol. The first-order chi connectivity index (χ1) is 38.9. The fraction of sp³-hybridized carbons (Fsp3) is 0.500. The maximum Gasteiger partial charge on any atom is 0.319 e. The fourth-order valence-corrected chi connectivity index (χ4v) is 14.8. The minimum absolute atomic E-state index is 0.0356. The number of piperazine rings is 2. The molecule has 5 saturated heterocycles. The lowest BCUT2D eigenvalue weighted by molar-refractivity contribution is -0.141. The van der Waals surface area contributed by atoms with Crippen molar-refractivity contribution in [2.24, 2.45) is 11.8 Å². The summed E-state index contributed by atoms with van der Waals surface area (Å²) in [5.74, 6) is 2.33. The van der Waals surface area contributed by atoms with E-state index < -0.39 is 12.0 Å². The number of benzene rings is 3. The van der Waals surface area contributed by atoms with Crippen LogP contribution in [-0.4, -0.2) is 153 Å². The van der Waals surface area contributed by atoms with Gasteiger partial charge < -0.3 is 39.7 Å². The SMILES string of the molecule is Cc1ncsc1-c1ccc([C@H](C)NC(=O)[C@@H]2CCCN2C(=O)C(c2cc(N3CCN(CC4CCN(CCOc5nc(N6CC7CCC(C6)N7)c6cnc7c(c6n5)C(C)c5cccc6cc(O)cc-7c56)CC4)CC3)no2)C(C)C)cc1. The molecule has 0 radical (unpaired) electrons. The number of carbonyl (C=O) groups is 2. The van der Waals surface area contributed by atoms with Crippen molar-refractivity contribution in [1.82, 2.24) is 50.4 Å². The number of phenolic OH excluding ortho intramolecular Hbond substituents is 1.